The summed E-state index contributed by atoms with van der Waals surface area (Å²) in [6, 6.07) is 0.799. The quantitative estimate of drug-likeness (QED) is 0.689. The summed E-state index contributed by atoms with van der Waals surface area (Å²) in [5, 5.41) is 3.74. The van der Waals surface area contributed by atoms with Gasteiger partial charge in [0.15, 0.2) is 0 Å². The van der Waals surface area contributed by atoms with Crippen molar-refractivity contribution in [2.45, 2.75) is 64.8 Å². The second-order valence-electron chi connectivity index (χ2n) is 5.08. The molecule has 1 aliphatic heterocycles. The van der Waals surface area contributed by atoms with Crippen molar-refractivity contribution in [2.24, 2.45) is 5.92 Å². The first-order chi connectivity index (χ1) is 7.86. The summed E-state index contributed by atoms with van der Waals surface area (Å²) in [4.78, 5) is 0. The van der Waals surface area contributed by atoms with Gasteiger partial charge in [0.2, 0.25) is 0 Å². The first kappa shape index (κ1) is 14.4. The molecular weight excluding hydrogens is 214 g/mol. The second-order valence-corrected chi connectivity index (χ2v) is 6.31. The van der Waals surface area contributed by atoms with Crippen LogP contribution in [0.15, 0.2) is 0 Å². The highest BCUT2D eigenvalue weighted by molar-refractivity contribution is 7.99. The Morgan fingerprint density at radius 1 is 1.19 bits per heavy atom. The molecule has 0 radical (unpaired) electrons. The second kappa shape index (κ2) is 9.35. The first-order valence-corrected chi connectivity index (χ1v) is 8.33. The fraction of sp³-hybridized carbons (Fsp3) is 1.00. The molecular formula is C14H29NS. The van der Waals surface area contributed by atoms with Gasteiger partial charge in [-0.2, -0.15) is 11.8 Å². The lowest BCUT2D eigenvalue weighted by atomic mass is 9.92. The third-order valence-electron chi connectivity index (χ3n) is 3.55. The molecule has 0 spiro atoms. The lowest BCUT2D eigenvalue weighted by Gasteiger charge is -2.27. The molecule has 0 bridgehead atoms. The smallest absolute Gasteiger partial charge is 0.00697 e. The van der Waals surface area contributed by atoms with Crippen LogP contribution in [0.1, 0.15) is 58.8 Å². The maximum atomic E-state index is 3.74. The molecule has 0 aromatic carbocycles. The average molecular weight is 243 g/mol. The van der Waals surface area contributed by atoms with Crippen LogP contribution in [0.3, 0.4) is 0 Å². The topological polar surface area (TPSA) is 12.0 Å². The normalized spacial score (nSPS) is 19.9. The van der Waals surface area contributed by atoms with Crippen molar-refractivity contribution >= 4 is 11.8 Å². The Hall–Kier alpha value is 0.310. The monoisotopic (exact) mass is 243 g/mol. The van der Waals surface area contributed by atoms with Gasteiger partial charge in [-0.05, 0) is 56.1 Å². The van der Waals surface area contributed by atoms with E-state index in [2.05, 4.69) is 30.9 Å². The highest BCUT2D eigenvalue weighted by Crippen LogP contribution is 2.27. The van der Waals surface area contributed by atoms with Crippen LogP contribution in [0, 0.1) is 5.92 Å². The van der Waals surface area contributed by atoms with Crippen LogP contribution in [0.4, 0.5) is 0 Å². The van der Waals surface area contributed by atoms with Gasteiger partial charge in [0.25, 0.3) is 0 Å². The van der Waals surface area contributed by atoms with Crippen molar-refractivity contribution in [3.8, 4) is 0 Å². The van der Waals surface area contributed by atoms with E-state index in [-0.39, 0.29) is 0 Å². The van der Waals surface area contributed by atoms with Crippen molar-refractivity contribution in [2.75, 3.05) is 18.1 Å². The molecule has 0 saturated carbocycles. The van der Waals surface area contributed by atoms with E-state index < -0.39 is 0 Å². The molecule has 16 heavy (non-hydrogen) atoms. The van der Waals surface area contributed by atoms with Gasteiger partial charge in [0.05, 0.1) is 0 Å². The SMILES string of the molecule is CCCCC(CC1CCSCC1)NCCC. The molecule has 1 atom stereocenters. The molecule has 0 aromatic rings. The van der Waals surface area contributed by atoms with Gasteiger partial charge in [-0.3, -0.25) is 0 Å². The minimum Gasteiger partial charge on any atom is -0.314 e. The zero-order valence-corrected chi connectivity index (χ0v) is 12.0. The van der Waals surface area contributed by atoms with Crippen molar-refractivity contribution in [3.05, 3.63) is 0 Å². The van der Waals surface area contributed by atoms with Crippen LogP contribution in [0.2, 0.25) is 0 Å². The Bertz CT molecular complexity index is 147. The standard InChI is InChI=1S/C14H29NS/c1-3-5-6-14(15-9-4-2)12-13-7-10-16-11-8-13/h13-15H,3-12H2,1-2H3. The van der Waals surface area contributed by atoms with Crippen LogP contribution in [0.25, 0.3) is 0 Å². The van der Waals surface area contributed by atoms with Crippen LogP contribution in [-0.4, -0.2) is 24.1 Å². The summed E-state index contributed by atoms with van der Waals surface area (Å²) in [6.07, 6.45) is 9.74. The molecule has 0 amide bonds. The molecule has 1 saturated heterocycles. The van der Waals surface area contributed by atoms with E-state index in [0.717, 1.165) is 12.0 Å². The predicted molar refractivity (Wildman–Crippen MR) is 76.3 cm³/mol. The predicted octanol–water partition coefficient (Wildman–Crippen LogP) is 4.08. The molecule has 0 aromatic heterocycles. The Labute approximate surface area is 106 Å². The van der Waals surface area contributed by atoms with E-state index in [1.165, 1.54) is 63.0 Å². The molecule has 1 fully saturated rings. The molecule has 2 heteroatoms. The Balaban J connectivity index is 2.23. The summed E-state index contributed by atoms with van der Waals surface area (Å²) in [7, 11) is 0. The Kier molecular flexibility index (Phi) is 8.40. The van der Waals surface area contributed by atoms with E-state index in [0.29, 0.717) is 0 Å². The van der Waals surface area contributed by atoms with E-state index in [1.54, 1.807) is 0 Å². The molecule has 1 unspecified atom stereocenters. The first-order valence-electron chi connectivity index (χ1n) is 7.18. The number of rotatable bonds is 8. The van der Waals surface area contributed by atoms with Gasteiger partial charge < -0.3 is 5.32 Å². The van der Waals surface area contributed by atoms with Gasteiger partial charge in [-0.1, -0.05) is 26.7 Å². The van der Waals surface area contributed by atoms with Crippen LogP contribution in [0.5, 0.6) is 0 Å². The number of thioether (sulfide) groups is 1. The zero-order valence-electron chi connectivity index (χ0n) is 11.1. The van der Waals surface area contributed by atoms with Gasteiger partial charge in [0.1, 0.15) is 0 Å². The van der Waals surface area contributed by atoms with Crippen molar-refractivity contribution in [1.29, 1.82) is 0 Å². The highest BCUT2D eigenvalue weighted by Gasteiger charge is 2.18. The van der Waals surface area contributed by atoms with Gasteiger partial charge in [-0.25, -0.2) is 0 Å². The van der Waals surface area contributed by atoms with E-state index in [4.69, 9.17) is 0 Å². The number of nitrogens with one attached hydrogen (secondary N) is 1. The average Bonchev–Trinajstić information content (AvgIpc) is 2.34. The van der Waals surface area contributed by atoms with Crippen molar-refractivity contribution < 1.29 is 0 Å². The van der Waals surface area contributed by atoms with Crippen LogP contribution >= 0.6 is 11.8 Å². The molecule has 0 aliphatic carbocycles. The summed E-state index contributed by atoms with van der Waals surface area (Å²) in [5.41, 5.74) is 0. The summed E-state index contributed by atoms with van der Waals surface area (Å²) < 4.78 is 0. The maximum absolute atomic E-state index is 3.74. The number of hydrogen-bond acceptors (Lipinski definition) is 2. The Morgan fingerprint density at radius 2 is 1.94 bits per heavy atom. The van der Waals surface area contributed by atoms with E-state index in [9.17, 15) is 0 Å². The summed E-state index contributed by atoms with van der Waals surface area (Å²) >= 11 is 2.14. The lowest BCUT2D eigenvalue weighted by Crippen LogP contribution is -2.32. The largest absolute Gasteiger partial charge is 0.314 e. The molecule has 1 heterocycles. The molecule has 1 N–H and O–H groups in total. The summed E-state index contributed by atoms with van der Waals surface area (Å²) in [6.45, 7) is 5.77. The number of hydrogen-bond donors (Lipinski definition) is 1. The number of unbranched alkanes of at least 4 members (excludes halogenated alkanes) is 1. The van der Waals surface area contributed by atoms with Crippen LogP contribution in [-0.2, 0) is 0 Å². The molecule has 1 aliphatic rings. The molecule has 1 nitrogen and oxygen atoms in total. The fourth-order valence-electron chi connectivity index (χ4n) is 2.49. The summed E-state index contributed by atoms with van der Waals surface area (Å²) in [5.74, 6) is 3.81. The molecule has 96 valence electrons. The zero-order chi connectivity index (χ0) is 11.6. The van der Waals surface area contributed by atoms with Crippen molar-refractivity contribution in [3.63, 3.8) is 0 Å². The van der Waals surface area contributed by atoms with Gasteiger partial charge in [0, 0.05) is 6.04 Å². The Morgan fingerprint density at radius 3 is 2.56 bits per heavy atom. The minimum atomic E-state index is 0.799. The highest BCUT2D eigenvalue weighted by atomic mass is 32.2. The third-order valence-corrected chi connectivity index (χ3v) is 4.60. The van der Waals surface area contributed by atoms with E-state index >= 15 is 0 Å². The minimum absolute atomic E-state index is 0.799. The lowest BCUT2D eigenvalue weighted by molar-refractivity contribution is 0.345. The van der Waals surface area contributed by atoms with Crippen molar-refractivity contribution in [1.82, 2.24) is 5.32 Å². The van der Waals surface area contributed by atoms with E-state index in [1.807, 2.05) is 0 Å². The van der Waals surface area contributed by atoms with Crippen LogP contribution < -0.4 is 5.32 Å². The fourth-order valence-corrected chi connectivity index (χ4v) is 3.69. The van der Waals surface area contributed by atoms with Gasteiger partial charge >= 0.3 is 0 Å². The van der Waals surface area contributed by atoms with Gasteiger partial charge in [-0.15, -0.1) is 0 Å². The maximum Gasteiger partial charge on any atom is 0.00697 e. The third kappa shape index (κ3) is 6.15. The molecule has 1 rings (SSSR count).